The van der Waals surface area contributed by atoms with Gasteiger partial charge in [-0.3, -0.25) is 19.8 Å². The van der Waals surface area contributed by atoms with E-state index >= 15 is 0 Å². The number of hydrogen-bond donors (Lipinski definition) is 1. The zero-order valence-corrected chi connectivity index (χ0v) is 16.1. The number of amides is 1. The van der Waals surface area contributed by atoms with Crippen molar-refractivity contribution in [1.29, 1.82) is 0 Å². The molecule has 1 fully saturated rings. The molecule has 9 heteroatoms. The Morgan fingerprint density at radius 1 is 1.30 bits per heavy atom. The van der Waals surface area contributed by atoms with Gasteiger partial charge in [0.05, 0.1) is 16.0 Å². The van der Waals surface area contributed by atoms with Crippen molar-refractivity contribution in [3.63, 3.8) is 0 Å². The third-order valence-electron chi connectivity index (χ3n) is 4.44. The fourth-order valence-corrected chi connectivity index (χ4v) is 3.78. The molecule has 0 atom stereocenters. The van der Waals surface area contributed by atoms with E-state index in [0.717, 1.165) is 48.8 Å². The Labute approximate surface area is 165 Å². The van der Waals surface area contributed by atoms with Crippen LogP contribution in [0.1, 0.15) is 23.3 Å². The van der Waals surface area contributed by atoms with Gasteiger partial charge in [0.15, 0.2) is 0 Å². The van der Waals surface area contributed by atoms with Crippen molar-refractivity contribution in [1.82, 2.24) is 10.3 Å². The molecule has 0 bridgehead atoms. The Kier molecular flexibility index (Phi) is 6.54. The maximum absolute atomic E-state index is 12.2. The number of rotatable bonds is 6. The average molecular weight is 407 g/mol. The zero-order valence-electron chi connectivity index (χ0n) is 14.5. The van der Waals surface area contributed by atoms with Crippen molar-refractivity contribution >= 4 is 40.1 Å². The highest BCUT2D eigenvalue weighted by atomic mass is 35.5. The predicted molar refractivity (Wildman–Crippen MR) is 106 cm³/mol. The molecule has 27 heavy (non-hydrogen) atoms. The fourth-order valence-electron chi connectivity index (χ4n) is 2.96. The Morgan fingerprint density at radius 3 is 2.63 bits per heavy atom. The van der Waals surface area contributed by atoms with Crippen LogP contribution in [-0.2, 0) is 11.3 Å². The fraction of sp³-hybridized carbons (Fsp3) is 0.333. The summed E-state index contributed by atoms with van der Waals surface area (Å²) in [6, 6.07) is 10.8. The summed E-state index contributed by atoms with van der Waals surface area (Å²) in [5, 5.41) is 15.4. The number of nitrogens with one attached hydrogen (secondary N) is 1. The number of nitro groups is 1. The van der Waals surface area contributed by atoms with Gasteiger partial charge in [0.1, 0.15) is 0 Å². The molecule has 2 heterocycles. The number of nitrogens with zero attached hydrogens (tertiary/aromatic N) is 3. The molecule has 1 aliphatic heterocycles. The van der Waals surface area contributed by atoms with Crippen LogP contribution in [-0.4, -0.2) is 35.0 Å². The third-order valence-corrected chi connectivity index (χ3v) is 5.66. The molecular formula is C18H19ClN4O3S. The summed E-state index contributed by atoms with van der Waals surface area (Å²) < 4.78 is 0. The number of carbonyl (C=O) groups excluding carboxylic acids is 1. The van der Waals surface area contributed by atoms with E-state index in [9.17, 15) is 14.9 Å². The highest BCUT2D eigenvalue weighted by molar-refractivity contribution is 7.16. The molecule has 0 saturated carbocycles. The van der Waals surface area contributed by atoms with E-state index in [1.165, 1.54) is 17.8 Å². The van der Waals surface area contributed by atoms with E-state index in [1.54, 1.807) is 6.07 Å². The van der Waals surface area contributed by atoms with Crippen LogP contribution < -0.4 is 5.43 Å². The number of hydrogen-bond acceptors (Lipinski definition) is 6. The lowest BCUT2D eigenvalue weighted by atomic mass is 9.96. The third kappa shape index (κ3) is 5.59. The minimum absolute atomic E-state index is 0.0517. The summed E-state index contributed by atoms with van der Waals surface area (Å²) in [4.78, 5) is 25.4. The molecule has 0 unspecified atom stereocenters. The molecule has 1 amide bonds. The van der Waals surface area contributed by atoms with Crippen LogP contribution in [0.2, 0.25) is 5.02 Å². The topological polar surface area (TPSA) is 87.8 Å². The van der Waals surface area contributed by atoms with Gasteiger partial charge in [-0.15, -0.1) is 0 Å². The SMILES string of the molecule is O=C(NN=Cc1ccc([N+](=O)[O-])s1)C1CCN(Cc2ccc(Cl)cc2)CC1. The van der Waals surface area contributed by atoms with E-state index in [0.29, 0.717) is 4.88 Å². The Morgan fingerprint density at radius 2 is 2.00 bits per heavy atom. The quantitative estimate of drug-likeness (QED) is 0.450. The van der Waals surface area contributed by atoms with Crippen molar-refractivity contribution in [2.75, 3.05) is 13.1 Å². The van der Waals surface area contributed by atoms with Gasteiger partial charge in [-0.25, -0.2) is 5.43 Å². The van der Waals surface area contributed by atoms with Gasteiger partial charge in [-0.2, -0.15) is 5.10 Å². The molecule has 0 aliphatic carbocycles. The summed E-state index contributed by atoms with van der Waals surface area (Å²) in [5.41, 5.74) is 3.75. The predicted octanol–water partition coefficient (Wildman–Crippen LogP) is 3.67. The second kappa shape index (κ2) is 9.07. The number of benzene rings is 1. The zero-order chi connectivity index (χ0) is 19.2. The lowest BCUT2D eigenvalue weighted by Gasteiger charge is -2.30. The smallest absolute Gasteiger partial charge is 0.299 e. The molecule has 2 aromatic rings. The highest BCUT2D eigenvalue weighted by Gasteiger charge is 2.24. The number of piperidine rings is 1. The first-order valence-corrected chi connectivity index (χ1v) is 9.74. The Hall–Kier alpha value is -2.29. The van der Waals surface area contributed by atoms with E-state index in [4.69, 9.17) is 11.6 Å². The Bertz CT molecular complexity index is 829. The lowest BCUT2D eigenvalue weighted by Crippen LogP contribution is -2.39. The van der Waals surface area contributed by atoms with Crippen LogP contribution in [0.3, 0.4) is 0 Å². The molecule has 142 valence electrons. The molecule has 0 spiro atoms. The minimum atomic E-state index is -0.446. The lowest BCUT2D eigenvalue weighted by molar-refractivity contribution is -0.380. The summed E-state index contributed by atoms with van der Waals surface area (Å²) in [6.07, 6.45) is 2.99. The number of halogens is 1. The second-order valence-corrected chi connectivity index (χ2v) is 7.87. The van der Waals surface area contributed by atoms with Gasteiger partial charge < -0.3 is 0 Å². The maximum atomic E-state index is 12.2. The van der Waals surface area contributed by atoms with Crippen LogP contribution in [0, 0.1) is 16.0 Å². The van der Waals surface area contributed by atoms with Crippen molar-refractivity contribution in [3.05, 3.63) is 62.0 Å². The van der Waals surface area contributed by atoms with E-state index in [2.05, 4.69) is 15.4 Å². The first-order valence-electron chi connectivity index (χ1n) is 8.55. The summed E-state index contributed by atoms with van der Waals surface area (Å²) in [6.45, 7) is 2.55. The number of hydrazone groups is 1. The van der Waals surface area contributed by atoms with E-state index < -0.39 is 4.92 Å². The van der Waals surface area contributed by atoms with E-state index in [1.807, 2.05) is 24.3 Å². The molecule has 3 rings (SSSR count). The van der Waals surface area contributed by atoms with Crippen molar-refractivity contribution < 1.29 is 9.72 Å². The van der Waals surface area contributed by atoms with Crippen LogP contribution in [0.5, 0.6) is 0 Å². The normalized spacial score (nSPS) is 15.9. The van der Waals surface area contributed by atoms with Gasteiger partial charge >= 0.3 is 5.00 Å². The molecule has 1 aliphatic rings. The molecule has 0 radical (unpaired) electrons. The van der Waals surface area contributed by atoms with Crippen molar-refractivity contribution in [2.24, 2.45) is 11.0 Å². The van der Waals surface area contributed by atoms with Crippen molar-refractivity contribution in [2.45, 2.75) is 19.4 Å². The van der Waals surface area contributed by atoms with E-state index in [-0.39, 0.29) is 16.8 Å². The highest BCUT2D eigenvalue weighted by Crippen LogP contribution is 2.22. The molecule has 7 nitrogen and oxygen atoms in total. The standard InChI is InChI=1S/C18H19ClN4O3S/c19-15-3-1-13(2-4-15)12-22-9-7-14(8-10-22)18(24)21-20-11-16-5-6-17(27-16)23(25)26/h1-6,11,14H,7-10,12H2,(H,21,24). The van der Waals surface area contributed by atoms with Gasteiger partial charge in [-0.1, -0.05) is 35.1 Å². The second-order valence-electron chi connectivity index (χ2n) is 6.34. The largest absolute Gasteiger partial charge is 0.324 e. The molecule has 1 aromatic heterocycles. The number of thiophene rings is 1. The van der Waals surface area contributed by atoms with Gasteiger partial charge in [-0.05, 0) is 49.7 Å². The molecule has 1 aromatic carbocycles. The minimum Gasteiger partial charge on any atom is -0.299 e. The summed E-state index contributed by atoms with van der Waals surface area (Å²) in [5.74, 6) is -0.176. The van der Waals surface area contributed by atoms with Crippen LogP contribution >= 0.6 is 22.9 Å². The summed E-state index contributed by atoms with van der Waals surface area (Å²) in [7, 11) is 0. The first-order chi connectivity index (χ1) is 13.0. The molecule has 1 N–H and O–H groups in total. The maximum Gasteiger partial charge on any atom is 0.324 e. The monoisotopic (exact) mass is 406 g/mol. The van der Waals surface area contributed by atoms with Gasteiger partial charge in [0, 0.05) is 23.6 Å². The van der Waals surface area contributed by atoms with Gasteiger partial charge in [0.2, 0.25) is 5.91 Å². The number of carbonyl (C=O) groups is 1. The average Bonchev–Trinajstić information content (AvgIpc) is 3.13. The van der Waals surface area contributed by atoms with Crippen LogP contribution in [0.15, 0.2) is 41.5 Å². The van der Waals surface area contributed by atoms with Crippen LogP contribution in [0.25, 0.3) is 0 Å². The summed E-state index contributed by atoms with van der Waals surface area (Å²) >= 11 is 6.92. The molecule has 1 saturated heterocycles. The van der Waals surface area contributed by atoms with Crippen LogP contribution in [0.4, 0.5) is 5.00 Å². The number of likely N-dealkylation sites (tertiary alicyclic amines) is 1. The Balaban J connectivity index is 1.43. The van der Waals surface area contributed by atoms with Gasteiger partial charge in [0.25, 0.3) is 0 Å². The van der Waals surface area contributed by atoms with Crippen molar-refractivity contribution in [3.8, 4) is 0 Å². The first kappa shape index (κ1) is 19.5. The molecular weight excluding hydrogens is 388 g/mol.